The zero-order valence-corrected chi connectivity index (χ0v) is 10.8. The first-order chi connectivity index (χ1) is 9.29. The SMILES string of the molecule is COc1ccc(C(N)c2c[nH]c3ccccc23)cc1. The Morgan fingerprint density at radius 3 is 2.53 bits per heavy atom. The summed E-state index contributed by atoms with van der Waals surface area (Å²) in [5.41, 5.74) is 9.66. The van der Waals surface area contributed by atoms with Gasteiger partial charge in [-0.05, 0) is 29.3 Å². The number of benzene rings is 2. The van der Waals surface area contributed by atoms with Crippen LogP contribution >= 0.6 is 0 Å². The van der Waals surface area contributed by atoms with Gasteiger partial charge in [-0.25, -0.2) is 0 Å². The maximum absolute atomic E-state index is 6.36. The van der Waals surface area contributed by atoms with Crippen LogP contribution < -0.4 is 10.5 Å². The van der Waals surface area contributed by atoms with Crippen LogP contribution in [0.5, 0.6) is 5.75 Å². The van der Waals surface area contributed by atoms with Gasteiger partial charge in [-0.1, -0.05) is 30.3 Å². The number of methoxy groups -OCH3 is 1. The van der Waals surface area contributed by atoms with Crippen molar-refractivity contribution in [2.45, 2.75) is 6.04 Å². The highest BCUT2D eigenvalue weighted by molar-refractivity contribution is 5.84. The van der Waals surface area contributed by atoms with E-state index in [1.807, 2.05) is 42.6 Å². The van der Waals surface area contributed by atoms with Crippen LogP contribution in [0, 0.1) is 0 Å². The molecule has 96 valence electrons. The third kappa shape index (κ3) is 2.09. The molecule has 2 aromatic carbocycles. The van der Waals surface area contributed by atoms with E-state index in [0.717, 1.165) is 22.4 Å². The summed E-state index contributed by atoms with van der Waals surface area (Å²) in [6.45, 7) is 0. The molecule has 3 heteroatoms. The highest BCUT2D eigenvalue weighted by Crippen LogP contribution is 2.27. The van der Waals surface area contributed by atoms with Crippen molar-refractivity contribution < 1.29 is 4.74 Å². The Hall–Kier alpha value is -2.26. The molecule has 0 radical (unpaired) electrons. The number of para-hydroxylation sites is 1. The quantitative estimate of drug-likeness (QED) is 0.752. The van der Waals surface area contributed by atoms with E-state index in [4.69, 9.17) is 10.5 Å². The first kappa shape index (κ1) is 11.8. The minimum atomic E-state index is -0.137. The molecule has 0 aliphatic carbocycles. The maximum Gasteiger partial charge on any atom is 0.118 e. The molecule has 0 aliphatic rings. The molecule has 0 aliphatic heterocycles. The number of hydrogen-bond donors (Lipinski definition) is 2. The summed E-state index contributed by atoms with van der Waals surface area (Å²) in [5, 5.41) is 1.17. The number of aromatic amines is 1. The third-order valence-electron chi connectivity index (χ3n) is 3.43. The monoisotopic (exact) mass is 252 g/mol. The molecule has 3 rings (SSSR count). The molecule has 1 atom stereocenters. The molecule has 0 saturated heterocycles. The smallest absolute Gasteiger partial charge is 0.118 e. The minimum Gasteiger partial charge on any atom is -0.497 e. The Labute approximate surface area is 112 Å². The molecular weight excluding hydrogens is 236 g/mol. The molecule has 1 unspecified atom stereocenters. The summed E-state index contributed by atoms with van der Waals surface area (Å²) in [7, 11) is 1.66. The highest BCUT2D eigenvalue weighted by atomic mass is 16.5. The second-order valence-corrected chi connectivity index (χ2v) is 4.54. The topological polar surface area (TPSA) is 51.0 Å². The van der Waals surface area contributed by atoms with Crippen molar-refractivity contribution in [2.24, 2.45) is 5.73 Å². The number of ether oxygens (including phenoxy) is 1. The fraction of sp³-hybridized carbons (Fsp3) is 0.125. The summed E-state index contributed by atoms with van der Waals surface area (Å²) in [6.07, 6.45) is 1.99. The lowest BCUT2D eigenvalue weighted by Crippen LogP contribution is -2.11. The Morgan fingerprint density at radius 2 is 1.79 bits per heavy atom. The van der Waals surface area contributed by atoms with Crippen LogP contribution in [0.4, 0.5) is 0 Å². The van der Waals surface area contributed by atoms with E-state index in [0.29, 0.717) is 0 Å². The molecule has 3 aromatic rings. The van der Waals surface area contributed by atoms with Crippen molar-refractivity contribution in [3.63, 3.8) is 0 Å². The minimum absolute atomic E-state index is 0.137. The predicted molar refractivity (Wildman–Crippen MR) is 77.3 cm³/mol. The number of rotatable bonds is 3. The van der Waals surface area contributed by atoms with Gasteiger partial charge in [0, 0.05) is 17.1 Å². The fourth-order valence-corrected chi connectivity index (χ4v) is 2.34. The van der Waals surface area contributed by atoms with Crippen LogP contribution in [0.3, 0.4) is 0 Å². The lowest BCUT2D eigenvalue weighted by molar-refractivity contribution is 0.414. The van der Waals surface area contributed by atoms with Gasteiger partial charge in [0.15, 0.2) is 0 Å². The summed E-state index contributed by atoms with van der Waals surface area (Å²) in [5.74, 6) is 0.842. The van der Waals surface area contributed by atoms with Gasteiger partial charge in [0.05, 0.1) is 13.2 Å². The predicted octanol–water partition coefficient (Wildman–Crippen LogP) is 3.22. The lowest BCUT2D eigenvalue weighted by atomic mass is 9.99. The van der Waals surface area contributed by atoms with E-state index in [9.17, 15) is 0 Å². The molecule has 1 aromatic heterocycles. The van der Waals surface area contributed by atoms with E-state index < -0.39 is 0 Å². The number of fused-ring (bicyclic) bond motifs is 1. The molecule has 3 nitrogen and oxygen atoms in total. The van der Waals surface area contributed by atoms with Crippen LogP contribution in [0.25, 0.3) is 10.9 Å². The van der Waals surface area contributed by atoms with Gasteiger partial charge in [-0.2, -0.15) is 0 Å². The fourth-order valence-electron chi connectivity index (χ4n) is 2.34. The largest absolute Gasteiger partial charge is 0.497 e. The first-order valence-electron chi connectivity index (χ1n) is 6.25. The zero-order chi connectivity index (χ0) is 13.2. The summed E-state index contributed by atoms with van der Waals surface area (Å²) >= 11 is 0. The van der Waals surface area contributed by atoms with Crippen molar-refractivity contribution in [1.29, 1.82) is 0 Å². The van der Waals surface area contributed by atoms with Crippen LogP contribution in [0.15, 0.2) is 54.7 Å². The van der Waals surface area contributed by atoms with Crippen molar-refractivity contribution in [3.05, 3.63) is 65.9 Å². The maximum atomic E-state index is 6.36. The number of H-pyrrole nitrogens is 1. The van der Waals surface area contributed by atoms with Gasteiger partial charge in [0.1, 0.15) is 5.75 Å². The number of hydrogen-bond acceptors (Lipinski definition) is 2. The summed E-state index contributed by atoms with van der Waals surface area (Å²) < 4.78 is 5.16. The number of aromatic nitrogens is 1. The van der Waals surface area contributed by atoms with Crippen molar-refractivity contribution in [3.8, 4) is 5.75 Å². The third-order valence-corrected chi connectivity index (χ3v) is 3.43. The van der Waals surface area contributed by atoms with E-state index >= 15 is 0 Å². The normalized spacial score (nSPS) is 12.5. The average molecular weight is 252 g/mol. The van der Waals surface area contributed by atoms with Crippen molar-refractivity contribution >= 4 is 10.9 Å². The molecule has 3 N–H and O–H groups in total. The molecule has 0 amide bonds. The Morgan fingerprint density at radius 1 is 1.05 bits per heavy atom. The molecule has 1 heterocycles. The molecule has 0 fully saturated rings. The van der Waals surface area contributed by atoms with E-state index in [1.54, 1.807) is 7.11 Å². The molecule has 0 spiro atoms. The van der Waals surface area contributed by atoms with Crippen LogP contribution in [-0.2, 0) is 0 Å². The van der Waals surface area contributed by atoms with E-state index in [2.05, 4.69) is 17.1 Å². The van der Waals surface area contributed by atoms with Crippen molar-refractivity contribution in [2.75, 3.05) is 7.11 Å². The Balaban J connectivity index is 2.00. The van der Waals surface area contributed by atoms with Gasteiger partial charge in [0.25, 0.3) is 0 Å². The molecule has 0 saturated carbocycles. The van der Waals surface area contributed by atoms with Gasteiger partial charge in [-0.3, -0.25) is 0 Å². The second-order valence-electron chi connectivity index (χ2n) is 4.54. The Kier molecular flexibility index (Phi) is 2.97. The number of nitrogens with two attached hydrogens (primary N) is 1. The second kappa shape index (κ2) is 4.78. The van der Waals surface area contributed by atoms with E-state index in [1.165, 1.54) is 5.39 Å². The Bertz CT molecular complexity index is 685. The van der Waals surface area contributed by atoms with Crippen LogP contribution in [0.2, 0.25) is 0 Å². The number of nitrogens with one attached hydrogen (secondary N) is 1. The first-order valence-corrected chi connectivity index (χ1v) is 6.25. The summed E-state index contributed by atoms with van der Waals surface area (Å²) in [4.78, 5) is 3.26. The van der Waals surface area contributed by atoms with Crippen LogP contribution in [-0.4, -0.2) is 12.1 Å². The standard InChI is InChI=1S/C16H16N2O/c1-19-12-8-6-11(7-9-12)16(17)14-10-18-15-5-3-2-4-13(14)15/h2-10,16,18H,17H2,1H3. The van der Waals surface area contributed by atoms with Gasteiger partial charge in [-0.15, -0.1) is 0 Å². The molecule has 19 heavy (non-hydrogen) atoms. The molecular formula is C16H16N2O. The van der Waals surface area contributed by atoms with Gasteiger partial charge in [0.2, 0.25) is 0 Å². The highest BCUT2D eigenvalue weighted by Gasteiger charge is 2.13. The van der Waals surface area contributed by atoms with Crippen molar-refractivity contribution in [1.82, 2.24) is 4.98 Å². The van der Waals surface area contributed by atoms with Crippen LogP contribution in [0.1, 0.15) is 17.2 Å². The molecule has 0 bridgehead atoms. The lowest BCUT2D eigenvalue weighted by Gasteiger charge is -2.12. The summed E-state index contributed by atoms with van der Waals surface area (Å²) in [6, 6.07) is 15.9. The van der Waals surface area contributed by atoms with Gasteiger partial charge < -0.3 is 15.5 Å². The van der Waals surface area contributed by atoms with E-state index in [-0.39, 0.29) is 6.04 Å². The average Bonchev–Trinajstić information content (AvgIpc) is 2.90. The zero-order valence-electron chi connectivity index (χ0n) is 10.8. The van der Waals surface area contributed by atoms with Gasteiger partial charge >= 0.3 is 0 Å².